The molecule has 1 amide bonds. The molecular weight excluding hydrogens is 272 g/mol. The fourth-order valence-electron chi connectivity index (χ4n) is 1.99. The van der Waals surface area contributed by atoms with Gasteiger partial charge in [-0.1, -0.05) is 0 Å². The van der Waals surface area contributed by atoms with Gasteiger partial charge in [0.15, 0.2) is 0 Å². The zero-order valence-electron chi connectivity index (χ0n) is 11.9. The van der Waals surface area contributed by atoms with Crippen molar-refractivity contribution in [1.82, 2.24) is 9.88 Å². The first-order valence-electron chi connectivity index (χ1n) is 6.55. The van der Waals surface area contributed by atoms with Crippen LogP contribution in [0.15, 0.2) is 34.9 Å². The molecule has 6 nitrogen and oxygen atoms in total. The molecule has 2 aromatic rings. The largest absolute Gasteiger partial charge is 0.478 e. The molecule has 0 aliphatic rings. The van der Waals surface area contributed by atoms with E-state index in [0.29, 0.717) is 24.5 Å². The third-order valence-electron chi connectivity index (χ3n) is 3.13. The highest BCUT2D eigenvalue weighted by Crippen LogP contribution is 2.12. The fourth-order valence-corrected chi connectivity index (χ4v) is 1.99. The van der Waals surface area contributed by atoms with Crippen LogP contribution in [0.5, 0.6) is 0 Å². The van der Waals surface area contributed by atoms with E-state index in [1.165, 1.54) is 12.1 Å². The van der Waals surface area contributed by atoms with Crippen LogP contribution >= 0.6 is 0 Å². The second-order valence-electron chi connectivity index (χ2n) is 4.53. The molecule has 0 unspecified atom stereocenters. The van der Waals surface area contributed by atoms with Crippen molar-refractivity contribution in [2.75, 3.05) is 6.54 Å². The molecule has 0 atom stereocenters. The number of pyridine rings is 1. The highest BCUT2D eigenvalue weighted by atomic mass is 16.4. The number of carbonyl (C=O) groups is 2. The molecule has 110 valence electrons. The van der Waals surface area contributed by atoms with Crippen LogP contribution in [0.3, 0.4) is 0 Å². The molecule has 0 radical (unpaired) electrons. The van der Waals surface area contributed by atoms with Gasteiger partial charge in [0.2, 0.25) is 0 Å². The first kappa shape index (κ1) is 14.8. The Hall–Kier alpha value is -2.63. The van der Waals surface area contributed by atoms with Crippen LogP contribution in [0.2, 0.25) is 0 Å². The lowest BCUT2D eigenvalue weighted by atomic mass is 10.2. The quantitative estimate of drug-likeness (QED) is 0.913. The van der Waals surface area contributed by atoms with Crippen molar-refractivity contribution in [2.45, 2.75) is 20.4 Å². The minimum Gasteiger partial charge on any atom is -0.478 e. The number of furan rings is 1. The number of carbonyl (C=O) groups excluding carboxylic acids is 1. The van der Waals surface area contributed by atoms with Gasteiger partial charge in [-0.2, -0.15) is 0 Å². The van der Waals surface area contributed by atoms with Gasteiger partial charge in [-0.15, -0.1) is 0 Å². The van der Waals surface area contributed by atoms with Crippen LogP contribution in [0, 0.1) is 6.92 Å². The smallest absolute Gasteiger partial charge is 0.337 e. The average molecular weight is 288 g/mol. The lowest BCUT2D eigenvalue weighted by molar-refractivity contribution is 0.0690. The van der Waals surface area contributed by atoms with Gasteiger partial charge in [0.25, 0.3) is 5.91 Å². The lowest BCUT2D eigenvalue weighted by Crippen LogP contribution is -2.31. The van der Waals surface area contributed by atoms with Gasteiger partial charge in [-0.05, 0) is 38.1 Å². The topological polar surface area (TPSA) is 83.6 Å². The second-order valence-corrected chi connectivity index (χ2v) is 4.53. The standard InChI is InChI=1S/C15H16N2O4/c1-3-17(9-11-5-4-8-21-11)14(18)13-7-6-12(15(19)20)10(2)16-13/h4-8H,3,9H2,1-2H3,(H,19,20). The molecule has 0 aromatic carbocycles. The van der Waals surface area contributed by atoms with E-state index in [9.17, 15) is 9.59 Å². The molecule has 0 saturated heterocycles. The van der Waals surface area contributed by atoms with Crippen LogP contribution in [0.4, 0.5) is 0 Å². The summed E-state index contributed by atoms with van der Waals surface area (Å²) in [6.07, 6.45) is 1.55. The van der Waals surface area contributed by atoms with Gasteiger partial charge in [0.1, 0.15) is 11.5 Å². The van der Waals surface area contributed by atoms with Gasteiger partial charge >= 0.3 is 5.97 Å². The van der Waals surface area contributed by atoms with E-state index in [4.69, 9.17) is 9.52 Å². The SMILES string of the molecule is CCN(Cc1ccco1)C(=O)c1ccc(C(=O)O)c(C)n1. The Kier molecular flexibility index (Phi) is 4.37. The Bertz CT molecular complexity index is 650. The van der Waals surface area contributed by atoms with Crippen LogP contribution in [0.25, 0.3) is 0 Å². The Morgan fingerprint density at radius 3 is 2.62 bits per heavy atom. The highest BCUT2D eigenvalue weighted by Gasteiger charge is 2.19. The maximum atomic E-state index is 12.4. The van der Waals surface area contributed by atoms with Crippen molar-refractivity contribution >= 4 is 11.9 Å². The zero-order chi connectivity index (χ0) is 15.4. The van der Waals surface area contributed by atoms with Crippen molar-refractivity contribution < 1.29 is 19.1 Å². The number of rotatable bonds is 5. The summed E-state index contributed by atoms with van der Waals surface area (Å²) in [5.74, 6) is -0.625. The Labute approximate surface area is 122 Å². The molecule has 0 spiro atoms. The first-order valence-corrected chi connectivity index (χ1v) is 6.55. The molecule has 0 bridgehead atoms. The maximum absolute atomic E-state index is 12.4. The van der Waals surface area contributed by atoms with Crippen molar-refractivity contribution in [3.05, 3.63) is 53.2 Å². The summed E-state index contributed by atoms with van der Waals surface area (Å²) < 4.78 is 5.23. The summed E-state index contributed by atoms with van der Waals surface area (Å²) in [6, 6.07) is 6.39. The number of nitrogens with zero attached hydrogens (tertiary/aromatic N) is 2. The summed E-state index contributed by atoms with van der Waals surface area (Å²) in [5.41, 5.74) is 0.647. The molecule has 0 saturated carbocycles. The summed E-state index contributed by atoms with van der Waals surface area (Å²) in [4.78, 5) is 29.0. The van der Waals surface area contributed by atoms with Crippen LogP contribution in [0.1, 0.15) is 39.2 Å². The minimum absolute atomic E-state index is 0.0978. The summed E-state index contributed by atoms with van der Waals surface area (Å²) in [7, 11) is 0. The number of carboxylic acid groups (broad SMARTS) is 1. The first-order chi connectivity index (χ1) is 10.0. The maximum Gasteiger partial charge on any atom is 0.337 e. The second kappa shape index (κ2) is 6.21. The van der Waals surface area contributed by atoms with Crippen molar-refractivity contribution in [2.24, 2.45) is 0 Å². The Balaban J connectivity index is 2.21. The third-order valence-corrected chi connectivity index (χ3v) is 3.13. The summed E-state index contributed by atoms with van der Waals surface area (Å²) in [6.45, 7) is 4.28. The number of amides is 1. The third kappa shape index (κ3) is 3.28. The summed E-state index contributed by atoms with van der Waals surface area (Å²) >= 11 is 0. The molecular formula is C15H16N2O4. The fraction of sp³-hybridized carbons (Fsp3) is 0.267. The van der Waals surface area contributed by atoms with Crippen LogP contribution in [-0.4, -0.2) is 33.4 Å². The predicted molar refractivity (Wildman–Crippen MR) is 75.1 cm³/mol. The number of hydrogen-bond donors (Lipinski definition) is 1. The Morgan fingerprint density at radius 1 is 1.33 bits per heavy atom. The van der Waals surface area contributed by atoms with E-state index in [1.54, 1.807) is 30.2 Å². The molecule has 2 heterocycles. The average Bonchev–Trinajstić information content (AvgIpc) is 2.96. The van der Waals surface area contributed by atoms with E-state index < -0.39 is 5.97 Å². The van der Waals surface area contributed by atoms with Crippen molar-refractivity contribution in [3.63, 3.8) is 0 Å². The van der Waals surface area contributed by atoms with Gasteiger partial charge in [0, 0.05) is 6.54 Å². The van der Waals surface area contributed by atoms with Crippen molar-refractivity contribution in [3.8, 4) is 0 Å². The van der Waals surface area contributed by atoms with Gasteiger partial charge in [0.05, 0.1) is 24.1 Å². The van der Waals surface area contributed by atoms with Crippen molar-refractivity contribution in [1.29, 1.82) is 0 Å². The van der Waals surface area contributed by atoms with Gasteiger partial charge in [-0.25, -0.2) is 9.78 Å². The molecule has 0 aliphatic heterocycles. The van der Waals surface area contributed by atoms with Gasteiger partial charge in [-0.3, -0.25) is 4.79 Å². The monoisotopic (exact) mass is 288 g/mol. The molecule has 0 fully saturated rings. The molecule has 2 rings (SSSR count). The van der Waals surface area contributed by atoms with E-state index in [-0.39, 0.29) is 17.2 Å². The Morgan fingerprint density at radius 2 is 2.10 bits per heavy atom. The minimum atomic E-state index is -1.05. The number of aromatic nitrogens is 1. The summed E-state index contributed by atoms with van der Waals surface area (Å²) in [5, 5.41) is 8.97. The predicted octanol–water partition coefficient (Wildman–Crippen LogP) is 2.34. The van der Waals surface area contributed by atoms with Crippen LogP contribution < -0.4 is 0 Å². The molecule has 0 aliphatic carbocycles. The normalized spacial score (nSPS) is 10.4. The molecule has 1 N–H and O–H groups in total. The number of hydrogen-bond acceptors (Lipinski definition) is 4. The molecule has 6 heteroatoms. The molecule has 21 heavy (non-hydrogen) atoms. The highest BCUT2D eigenvalue weighted by molar-refractivity contribution is 5.94. The lowest BCUT2D eigenvalue weighted by Gasteiger charge is -2.19. The van der Waals surface area contributed by atoms with E-state index in [2.05, 4.69) is 4.98 Å². The number of aryl methyl sites for hydroxylation is 1. The number of carboxylic acids is 1. The van der Waals surface area contributed by atoms with Gasteiger partial charge < -0.3 is 14.4 Å². The van der Waals surface area contributed by atoms with E-state index in [1.807, 2.05) is 6.92 Å². The van der Waals surface area contributed by atoms with E-state index in [0.717, 1.165) is 0 Å². The zero-order valence-corrected chi connectivity index (χ0v) is 11.9. The number of aromatic carboxylic acids is 1. The van der Waals surface area contributed by atoms with Crippen LogP contribution in [-0.2, 0) is 6.54 Å². The van der Waals surface area contributed by atoms with E-state index >= 15 is 0 Å². The molecule has 2 aromatic heterocycles.